The molecule has 7 heteroatoms. The number of esters is 1. The second kappa shape index (κ2) is 7.15. The molecule has 1 fully saturated rings. The van der Waals surface area contributed by atoms with Gasteiger partial charge in [-0.2, -0.15) is 0 Å². The molecule has 1 saturated carbocycles. The Kier molecular flexibility index (Phi) is 4.47. The highest BCUT2D eigenvalue weighted by Crippen LogP contribution is 2.41. The summed E-state index contributed by atoms with van der Waals surface area (Å²) >= 11 is 1.50. The van der Waals surface area contributed by atoms with Crippen LogP contribution in [0.3, 0.4) is 0 Å². The quantitative estimate of drug-likeness (QED) is 0.594. The number of nitrogens with zero attached hydrogens (tertiary/aromatic N) is 1. The lowest BCUT2D eigenvalue weighted by molar-refractivity contribution is -0.131. The van der Waals surface area contributed by atoms with Crippen molar-refractivity contribution in [3.8, 4) is 0 Å². The highest BCUT2D eigenvalue weighted by Gasteiger charge is 2.46. The van der Waals surface area contributed by atoms with Crippen molar-refractivity contribution < 1.29 is 23.5 Å². The third kappa shape index (κ3) is 3.15. The summed E-state index contributed by atoms with van der Waals surface area (Å²) < 4.78 is 17.8. The Morgan fingerprint density at radius 2 is 2.07 bits per heavy atom. The number of para-hydroxylation sites is 1. The van der Waals surface area contributed by atoms with Gasteiger partial charge in [-0.1, -0.05) is 19.1 Å². The summed E-state index contributed by atoms with van der Waals surface area (Å²) in [6.07, 6.45) is 3.55. The van der Waals surface area contributed by atoms with Crippen molar-refractivity contribution in [1.82, 2.24) is 4.98 Å². The second-order valence-corrected chi connectivity index (χ2v) is 8.48. The van der Waals surface area contributed by atoms with Crippen LogP contribution < -0.4 is 0 Å². The molecular weight excluding hydrogens is 390 g/mol. The van der Waals surface area contributed by atoms with Gasteiger partial charge in [0.25, 0.3) is 0 Å². The molecule has 2 aliphatic rings. The maximum atomic E-state index is 13.2. The first-order valence-electron chi connectivity index (χ1n) is 9.62. The van der Waals surface area contributed by atoms with E-state index in [1.54, 1.807) is 12.1 Å². The predicted molar refractivity (Wildman–Crippen MR) is 107 cm³/mol. The summed E-state index contributed by atoms with van der Waals surface area (Å²) in [6, 6.07) is 11.0. The van der Waals surface area contributed by atoms with Crippen molar-refractivity contribution in [2.45, 2.75) is 32.0 Å². The molecule has 4 atom stereocenters. The van der Waals surface area contributed by atoms with Gasteiger partial charge in [-0.25, -0.2) is 9.78 Å². The molecular formula is C22H19NO5S. The van der Waals surface area contributed by atoms with Crippen LogP contribution in [-0.4, -0.2) is 28.9 Å². The zero-order valence-electron chi connectivity index (χ0n) is 15.7. The Bertz CT molecular complexity index is 1070. The molecule has 0 amide bonds. The largest absolute Gasteiger partial charge is 0.496 e. The van der Waals surface area contributed by atoms with Crippen LogP contribution in [0.15, 0.2) is 53.3 Å². The number of fused-ring (bicyclic) bond motifs is 2. The predicted octanol–water partition coefficient (Wildman–Crippen LogP) is 4.47. The van der Waals surface area contributed by atoms with E-state index in [-0.39, 0.29) is 35.6 Å². The van der Waals surface area contributed by atoms with Gasteiger partial charge in [-0.15, -0.1) is 11.3 Å². The topological polar surface area (TPSA) is 78.6 Å². The summed E-state index contributed by atoms with van der Waals surface area (Å²) in [7, 11) is 0. The number of ether oxygens (including phenoxy) is 2. The lowest BCUT2D eigenvalue weighted by atomic mass is 9.73. The van der Waals surface area contributed by atoms with Crippen LogP contribution in [0.25, 0.3) is 15.8 Å². The lowest BCUT2D eigenvalue weighted by Gasteiger charge is -2.41. The van der Waals surface area contributed by atoms with E-state index < -0.39 is 5.97 Å². The van der Waals surface area contributed by atoms with E-state index in [0.29, 0.717) is 23.4 Å². The minimum atomic E-state index is -0.488. The molecule has 29 heavy (non-hydrogen) atoms. The zero-order chi connectivity index (χ0) is 20.0. The molecule has 0 bridgehead atoms. The minimum absolute atomic E-state index is 0.0583. The van der Waals surface area contributed by atoms with Gasteiger partial charge in [0, 0.05) is 5.92 Å². The van der Waals surface area contributed by atoms with Gasteiger partial charge in [-0.05, 0) is 37.1 Å². The number of rotatable bonds is 3. The fourth-order valence-corrected chi connectivity index (χ4v) is 5.13. The summed E-state index contributed by atoms with van der Waals surface area (Å²) in [6.45, 7) is 1.96. The molecule has 0 saturated heterocycles. The summed E-state index contributed by atoms with van der Waals surface area (Å²) in [5, 5.41) is 0.689. The molecule has 1 aromatic carbocycles. The van der Waals surface area contributed by atoms with Crippen LogP contribution in [-0.2, 0) is 14.3 Å². The van der Waals surface area contributed by atoms with Gasteiger partial charge in [0.15, 0.2) is 5.78 Å². The van der Waals surface area contributed by atoms with E-state index in [1.807, 2.05) is 31.2 Å². The number of benzene rings is 1. The third-order valence-corrected chi connectivity index (χ3v) is 6.78. The van der Waals surface area contributed by atoms with Crippen molar-refractivity contribution in [2.75, 3.05) is 0 Å². The maximum absolute atomic E-state index is 13.2. The second-order valence-electron chi connectivity index (χ2n) is 7.45. The average Bonchev–Trinajstić information content (AvgIpc) is 3.40. The number of thiazole rings is 1. The molecule has 0 N–H and O–H groups in total. The van der Waals surface area contributed by atoms with Gasteiger partial charge in [0.1, 0.15) is 17.2 Å². The standard InChI is InChI=1S/C22H19NO5S/c1-12-16(28-22(25)17-6-4-10-26-17)9-8-13-19(24)14(11-27-20(12)13)21-23-15-5-2-3-7-18(15)29-21/h2-7,10-13,16,20H,8-9H2,1H3. The van der Waals surface area contributed by atoms with E-state index in [4.69, 9.17) is 13.9 Å². The molecule has 5 rings (SSSR count). The number of hydrogen-bond donors (Lipinski definition) is 0. The fourth-order valence-electron chi connectivity index (χ4n) is 4.15. The molecule has 4 unspecified atom stereocenters. The van der Waals surface area contributed by atoms with Gasteiger partial charge in [-0.3, -0.25) is 4.79 Å². The summed E-state index contributed by atoms with van der Waals surface area (Å²) in [5.74, 6) is -0.612. The lowest BCUT2D eigenvalue weighted by Crippen LogP contribution is -2.48. The number of Topliss-reactive ketones (excluding diaryl/α,β-unsaturated/α-hetero) is 1. The Labute approximate surface area is 171 Å². The first-order valence-corrected chi connectivity index (χ1v) is 10.4. The normalized spacial score (nSPS) is 26.5. The van der Waals surface area contributed by atoms with Gasteiger partial charge in [0.05, 0.1) is 34.2 Å². The smallest absolute Gasteiger partial charge is 0.374 e. The fraction of sp³-hybridized carbons (Fsp3) is 0.318. The van der Waals surface area contributed by atoms with Crippen molar-refractivity contribution in [1.29, 1.82) is 0 Å². The number of ketones is 1. The molecule has 0 radical (unpaired) electrons. The number of allylic oxidation sites excluding steroid dienone is 1. The number of furan rings is 1. The minimum Gasteiger partial charge on any atom is -0.496 e. The third-order valence-electron chi connectivity index (χ3n) is 5.71. The molecule has 3 heterocycles. The molecule has 1 aliphatic heterocycles. The van der Waals surface area contributed by atoms with E-state index in [9.17, 15) is 9.59 Å². The number of aromatic nitrogens is 1. The van der Waals surface area contributed by atoms with E-state index in [2.05, 4.69) is 4.98 Å². The number of hydrogen-bond acceptors (Lipinski definition) is 7. The van der Waals surface area contributed by atoms with Gasteiger partial charge >= 0.3 is 5.97 Å². The Balaban J connectivity index is 1.35. The maximum Gasteiger partial charge on any atom is 0.374 e. The Hall–Kier alpha value is -2.93. The molecule has 0 spiro atoms. The van der Waals surface area contributed by atoms with Crippen molar-refractivity contribution in [3.05, 3.63) is 59.7 Å². The van der Waals surface area contributed by atoms with Crippen molar-refractivity contribution in [3.63, 3.8) is 0 Å². The molecule has 6 nitrogen and oxygen atoms in total. The van der Waals surface area contributed by atoms with Crippen LogP contribution in [0.2, 0.25) is 0 Å². The zero-order valence-corrected chi connectivity index (χ0v) is 16.6. The van der Waals surface area contributed by atoms with Crippen LogP contribution in [0, 0.1) is 11.8 Å². The SMILES string of the molecule is CC1C(OC(=O)c2ccco2)CCC2C(=O)C(c3nc4ccccc4s3)=COC21. The highest BCUT2D eigenvalue weighted by atomic mass is 32.1. The van der Waals surface area contributed by atoms with Gasteiger partial charge in [0.2, 0.25) is 5.76 Å². The van der Waals surface area contributed by atoms with E-state index in [1.165, 1.54) is 23.9 Å². The number of carbonyl (C=O) groups is 2. The Morgan fingerprint density at radius 3 is 2.86 bits per heavy atom. The highest BCUT2D eigenvalue weighted by molar-refractivity contribution is 7.19. The van der Waals surface area contributed by atoms with E-state index in [0.717, 1.165) is 10.2 Å². The molecule has 1 aliphatic carbocycles. The van der Waals surface area contributed by atoms with Gasteiger partial charge < -0.3 is 13.9 Å². The molecule has 148 valence electrons. The average molecular weight is 409 g/mol. The van der Waals surface area contributed by atoms with Crippen LogP contribution >= 0.6 is 11.3 Å². The molecule has 2 aromatic heterocycles. The van der Waals surface area contributed by atoms with Crippen LogP contribution in [0.1, 0.15) is 35.3 Å². The number of carbonyl (C=O) groups excluding carboxylic acids is 2. The first kappa shape index (κ1) is 18.1. The van der Waals surface area contributed by atoms with E-state index >= 15 is 0 Å². The monoisotopic (exact) mass is 409 g/mol. The van der Waals surface area contributed by atoms with Crippen LogP contribution in [0.4, 0.5) is 0 Å². The van der Waals surface area contributed by atoms with Crippen molar-refractivity contribution in [2.24, 2.45) is 11.8 Å². The first-order chi connectivity index (χ1) is 14.1. The Morgan fingerprint density at radius 1 is 1.21 bits per heavy atom. The van der Waals surface area contributed by atoms with Crippen molar-refractivity contribution >= 4 is 38.9 Å². The summed E-state index contributed by atoms with van der Waals surface area (Å²) in [5.41, 5.74) is 1.41. The van der Waals surface area contributed by atoms with Crippen LogP contribution in [0.5, 0.6) is 0 Å². The molecule has 3 aromatic rings. The summed E-state index contributed by atoms with van der Waals surface area (Å²) in [4.78, 5) is 30.0.